The van der Waals surface area contributed by atoms with Gasteiger partial charge in [-0.05, 0) is 25.3 Å². The molecule has 12 heteroatoms. The molecule has 198 valence electrons. The van der Waals surface area contributed by atoms with Crippen LogP contribution in [-0.2, 0) is 24.0 Å². The van der Waals surface area contributed by atoms with Crippen molar-refractivity contribution in [1.29, 1.82) is 0 Å². The van der Waals surface area contributed by atoms with Crippen molar-refractivity contribution in [2.24, 2.45) is 0 Å². The van der Waals surface area contributed by atoms with E-state index in [0.29, 0.717) is 5.56 Å². The van der Waals surface area contributed by atoms with Crippen LogP contribution in [0.5, 0.6) is 0 Å². The summed E-state index contributed by atoms with van der Waals surface area (Å²) < 4.78 is 0. The Labute approximate surface area is 209 Å². The molecule has 7 N–H and O–H groups in total. The summed E-state index contributed by atoms with van der Waals surface area (Å²) in [5, 5.41) is 32.5. The fourth-order valence-corrected chi connectivity index (χ4v) is 3.74. The molecular weight excluding hydrogens is 470 g/mol. The third kappa shape index (κ3) is 7.75. The fraction of sp³-hybridized carbons (Fsp3) is 0.542. The summed E-state index contributed by atoms with van der Waals surface area (Å²) in [5.41, 5.74) is 0.607. The highest BCUT2D eigenvalue weighted by atomic mass is 16.3. The minimum absolute atomic E-state index is 0.137. The Bertz CT molecular complexity index is 940. The molecule has 1 aromatic rings. The van der Waals surface area contributed by atoms with Crippen LogP contribution in [0.4, 0.5) is 0 Å². The molecule has 0 bridgehead atoms. The van der Waals surface area contributed by atoms with Gasteiger partial charge in [0.1, 0.15) is 24.2 Å². The van der Waals surface area contributed by atoms with Gasteiger partial charge in [0.2, 0.25) is 29.5 Å². The summed E-state index contributed by atoms with van der Waals surface area (Å²) in [6.07, 6.45) is -1.21. The highest BCUT2D eigenvalue weighted by Crippen LogP contribution is 2.17. The van der Waals surface area contributed by atoms with Gasteiger partial charge in [-0.1, -0.05) is 44.2 Å². The monoisotopic (exact) mass is 505 g/mol. The first-order valence-corrected chi connectivity index (χ1v) is 12.0. The molecule has 36 heavy (non-hydrogen) atoms. The van der Waals surface area contributed by atoms with Crippen LogP contribution in [0.1, 0.15) is 51.6 Å². The van der Waals surface area contributed by atoms with Crippen molar-refractivity contribution >= 4 is 29.5 Å². The van der Waals surface area contributed by atoms with Crippen LogP contribution in [0.2, 0.25) is 0 Å². The SMILES string of the molecule is CC[C@@H]1NC(=O)C[C@H](c2ccccc2)NC(=O)[C@H](CO)NC(=O)[C@H](CC)NC(=O)[C@H]([C@@H](C)O)NC1=O. The lowest BCUT2D eigenvalue weighted by atomic mass is 10.0. The maximum atomic E-state index is 12.9. The van der Waals surface area contributed by atoms with Gasteiger partial charge >= 0.3 is 0 Å². The quantitative estimate of drug-likeness (QED) is 0.250. The highest BCUT2D eigenvalue weighted by Gasteiger charge is 2.33. The minimum atomic E-state index is -1.40. The maximum absolute atomic E-state index is 12.9. The van der Waals surface area contributed by atoms with Crippen molar-refractivity contribution in [3.8, 4) is 0 Å². The average molecular weight is 506 g/mol. The summed E-state index contributed by atoms with van der Waals surface area (Å²) >= 11 is 0. The number of amides is 5. The van der Waals surface area contributed by atoms with Gasteiger partial charge in [0.15, 0.2) is 0 Å². The maximum Gasteiger partial charge on any atom is 0.245 e. The van der Waals surface area contributed by atoms with E-state index in [-0.39, 0.29) is 19.3 Å². The second-order valence-corrected chi connectivity index (χ2v) is 8.64. The van der Waals surface area contributed by atoms with Crippen molar-refractivity contribution in [1.82, 2.24) is 26.6 Å². The Morgan fingerprint density at radius 3 is 1.86 bits per heavy atom. The number of carbonyl (C=O) groups excluding carboxylic acids is 5. The Kier molecular flexibility index (Phi) is 10.8. The van der Waals surface area contributed by atoms with Crippen LogP contribution >= 0.6 is 0 Å². The number of rotatable bonds is 5. The molecule has 0 unspecified atom stereocenters. The molecule has 2 rings (SSSR count). The first kappa shape index (κ1) is 28.7. The predicted molar refractivity (Wildman–Crippen MR) is 129 cm³/mol. The van der Waals surface area contributed by atoms with Gasteiger partial charge in [-0.2, -0.15) is 0 Å². The van der Waals surface area contributed by atoms with E-state index in [0.717, 1.165) is 0 Å². The van der Waals surface area contributed by atoms with Gasteiger partial charge in [0.05, 0.1) is 25.2 Å². The Hall–Kier alpha value is -3.51. The van der Waals surface area contributed by atoms with Gasteiger partial charge in [0.25, 0.3) is 0 Å². The van der Waals surface area contributed by atoms with E-state index < -0.39 is 72.5 Å². The minimum Gasteiger partial charge on any atom is -0.394 e. The van der Waals surface area contributed by atoms with Gasteiger partial charge in [-0.15, -0.1) is 0 Å². The van der Waals surface area contributed by atoms with Gasteiger partial charge < -0.3 is 36.8 Å². The van der Waals surface area contributed by atoms with Crippen LogP contribution in [0.15, 0.2) is 30.3 Å². The predicted octanol–water partition coefficient (Wildman–Crippen LogP) is -1.62. The first-order valence-electron chi connectivity index (χ1n) is 12.0. The number of benzene rings is 1. The number of hydrogen-bond acceptors (Lipinski definition) is 7. The standard InChI is InChI=1S/C24H35N5O7/c1-4-15-22(34)29-20(13(3)31)24(36)26-16(5-2)21(33)28-18(12-30)23(35)27-17(11-19(32)25-15)14-9-7-6-8-10-14/h6-10,13,15-18,20,30-31H,4-5,11-12H2,1-3H3,(H,25,32)(H,26,36)(H,27,35)(H,28,33)(H,29,34)/t13-,15+,16+,17-,18+,20+/m1/s1. The third-order valence-electron chi connectivity index (χ3n) is 5.89. The van der Waals surface area contributed by atoms with E-state index >= 15 is 0 Å². The number of carbonyl (C=O) groups is 5. The first-order chi connectivity index (χ1) is 17.1. The topological polar surface area (TPSA) is 186 Å². The molecule has 6 atom stereocenters. The van der Waals surface area contributed by atoms with Crippen LogP contribution < -0.4 is 26.6 Å². The fourth-order valence-electron chi connectivity index (χ4n) is 3.74. The van der Waals surface area contributed by atoms with Crippen molar-refractivity contribution in [2.45, 2.75) is 76.3 Å². The van der Waals surface area contributed by atoms with Gasteiger partial charge in [-0.25, -0.2) is 0 Å². The third-order valence-corrected chi connectivity index (χ3v) is 5.89. The highest BCUT2D eigenvalue weighted by molar-refractivity contribution is 5.96. The zero-order valence-electron chi connectivity index (χ0n) is 20.6. The molecule has 1 aliphatic rings. The molecule has 1 aromatic carbocycles. The smallest absolute Gasteiger partial charge is 0.245 e. The summed E-state index contributed by atoms with van der Waals surface area (Å²) in [6.45, 7) is 3.88. The zero-order valence-corrected chi connectivity index (χ0v) is 20.6. The zero-order chi connectivity index (χ0) is 26.8. The Morgan fingerprint density at radius 1 is 0.778 bits per heavy atom. The summed E-state index contributed by atoms with van der Waals surface area (Å²) in [7, 11) is 0. The number of aliphatic hydroxyl groups is 2. The Morgan fingerprint density at radius 2 is 1.31 bits per heavy atom. The summed E-state index contributed by atoms with van der Waals surface area (Å²) in [6, 6.07) is 2.99. The lowest BCUT2D eigenvalue weighted by Crippen LogP contribution is -2.61. The lowest BCUT2D eigenvalue weighted by molar-refractivity contribution is -0.137. The molecule has 1 heterocycles. The average Bonchev–Trinajstić information content (AvgIpc) is 2.86. The molecular formula is C24H35N5O7. The van der Waals surface area contributed by atoms with E-state index in [9.17, 15) is 34.2 Å². The van der Waals surface area contributed by atoms with Crippen molar-refractivity contribution in [3.63, 3.8) is 0 Å². The number of aliphatic hydroxyl groups excluding tert-OH is 2. The molecule has 1 saturated heterocycles. The second-order valence-electron chi connectivity index (χ2n) is 8.64. The van der Waals surface area contributed by atoms with Gasteiger partial charge in [0, 0.05) is 0 Å². The van der Waals surface area contributed by atoms with Crippen LogP contribution in [-0.4, -0.2) is 76.6 Å². The Balaban J connectivity index is 2.44. The number of hydrogen-bond donors (Lipinski definition) is 7. The molecule has 0 aliphatic carbocycles. The van der Waals surface area contributed by atoms with Crippen LogP contribution in [0.3, 0.4) is 0 Å². The van der Waals surface area contributed by atoms with Crippen molar-refractivity contribution in [2.75, 3.05) is 6.61 Å². The molecule has 12 nitrogen and oxygen atoms in total. The summed E-state index contributed by atoms with van der Waals surface area (Å²) in [4.78, 5) is 64.3. The van der Waals surface area contributed by atoms with E-state index in [1.165, 1.54) is 6.92 Å². The van der Waals surface area contributed by atoms with Crippen molar-refractivity contribution < 1.29 is 34.2 Å². The molecule has 5 amide bonds. The second kappa shape index (κ2) is 13.5. The molecule has 0 aromatic heterocycles. The van der Waals surface area contributed by atoms with Crippen LogP contribution in [0, 0.1) is 0 Å². The number of nitrogens with one attached hydrogen (secondary N) is 5. The lowest BCUT2D eigenvalue weighted by Gasteiger charge is -2.28. The normalized spacial score (nSPS) is 27.7. The van der Waals surface area contributed by atoms with Crippen molar-refractivity contribution in [3.05, 3.63) is 35.9 Å². The largest absolute Gasteiger partial charge is 0.394 e. The van der Waals surface area contributed by atoms with Crippen LogP contribution in [0.25, 0.3) is 0 Å². The van der Waals surface area contributed by atoms with E-state index in [4.69, 9.17) is 0 Å². The van der Waals surface area contributed by atoms with E-state index in [1.54, 1.807) is 44.2 Å². The molecule has 0 saturated carbocycles. The molecule has 0 radical (unpaired) electrons. The molecule has 1 aliphatic heterocycles. The van der Waals surface area contributed by atoms with Gasteiger partial charge in [-0.3, -0.25) is 24.0 Å². The summed E-state index contributed by atoms with van der Waals surface area (Å²) in [5.74, 6) is -3.51. The molecule has 1 fully saturated rings. The van der Waals surface area contributed by atoms with E-state index in [2.05, 4.69) is 26.6 Å². The van der Waals surface area contributed by atoms with E-state index in [1.807, 2.05) is 0 Å². The molecule has 0 spiro atoms.